The first-order valence-electron chi connectivity index (χ1n) is 8.19. The number of halogens is 1. The Bertz CT molecular complexity index is 979. The van der Waals surface area contributed by atoms with Gasteiger partial charge in [-0.05, 0) is 42.0 Å². The van der Waals surface area contributed by atoms with Gasteiger partial charge in [-0.1, -0.05) is 17.7 Å². The Labute approximate surface area is 160 Å². The Morgan fingerprint density at radius 2 is 1.85 bits per heavy atom. The highest BCUT2D eigenvalue weighted by molar-refractivity contribution is 6.30. The standard InChI is InChI=1S/C19H15ClN4O3/c20-13-2-4-14(5-3-13)24-19(25)15-8-18(23-10-22-15)21-9-12-1-6-16-17(7-12)27-11-26-16/h1-8,10H,9,11H2,(H,24,25)(H,21,22,23). The molecular weight excluding hydrogens is 368 g/mol. The van der Waals surface area contributed by atoms with E-state index in [-0.39, 0.29) is 18.4 Å². The molecule has 27 heavy (non-hydrogen) atoms. The first-order chi connectivity index (χ1) is 13.2. The van der Waals surface area contributed by atoms with E-state index < -0.39 is 0 Å². The van der Waals surface area contributed by atoms with Crippen LogP contribution in [-0.2, 0) is 6.54 Å². The molecule has 2 aromatic carbocycles. The van der Waals surface area contributed by atoms with Crippen molar-refractivity contribution in [3.63, 3.8) is 0 Å². The molecule has 1 aliphatic rings. The van der Waals surface area contributed by atoms with Crippen molar-refractivity contribution in [2.45, 2.75) is 6.54 Å². The summed E-state index contributed by atoms with van der Waals surface area (Å²) in [7, 11) is 0. The van der Waals surface area contributed by atoms with E-state index in [9.17, 15) is 4.79 Å². The lowest BCUT2D eigenvalue weighted by Gasteiger charge is -2.08. The van der Waals surface area contributed by atoms with Crippen molar-refractivity contribution in [1.82, 2.24) is 9.97 Å². The van der Waals surface area contributed by atoms with E-state index in [0.717, 1.165) is 17.1 Å². The number of fused-ring (bicyclic) bond motifs is 1. The maximum Gasteiger partial charge on any atom is 0.274 e. The Morgan fingerprint density at radius 1 is 1.04 bits per heavy atom. The van der Waals surface area contributed by atoms with Crippen LogP contribution >= 0.6 is 11.6 Å². The number of nitrogens with one attached hydrogen (secondary N) is 2. The predicted octanol–water partition coefficient (Wildman–Crippen LogP) is 3.72. The van der Waals surface area contributed by atoms with Gasteiger partial charge in [0.1, 0.15) is 17.8 Å². The minimum absolute atomic E-state index is 0.240. The van der Waals surface area contributed by atoms with E-state index in [1.54, 1.807) is 30.3 Å². The molecule has 0 radical (unpaired) electrons. The number of nitrogens with zero attached hydrogens (tertiary/aromatic N) is 2. The maximum atomic E-state index is 12.4. The third-order valence-corrected chi connectivity index (χ3v) is 4.16. The van der Waals surface area contributed by atoms with Gasteiger partial charge in [-0.25, -0.2) is 9.97 Å². The molecule has 7 nitrogen and oxygen atoms in total. The molecule has 1 amide bonds. The summed E-state index contributed by atoms with van der Waals surface area (Å²) in [4.78, 5) is 20.5. The van der Waals surface area contributed by atoms with Gasteiger partial charge in [0, 0.05) is 23.3 Å². The molecule has 4 rings (SSSR count). The van der Waals surface area contributed by atoms with Gasteiger partial charge in [-0.15, -0.1) is 0 Å². The van der Waals surface area contributed by atoms with E-state index in [0.29, 0.717) is 23.1 Å². The number of hydrogen-bond acceptors (Lipinski definition) is 6. The third-order valence-electron chi connectivity index (χ3n) is 3.91. The maximum absolute atomic E-state index is 12.4. The molecule has 0 aliphatic carbocycles. The largest absolute Gasteiger partial charge is 0.454 e. The summed E-state index contributed by atoms with van der Waals surface area (Å²) < 4.78 is 10.7. The van der Waals surface area contributed by atoms with Crippen LogP contribution < -0.4 is 20.1 Å². The summed E-state index contributed by atoms with van der Waals surface area (Å²) >= 11 is 5.85. The van der Waals surface area contributed by atoms with Crippen LogP contribution in [0.2, 0.25) is 5.02 Å². The minimum Gasteiger partial charge on any atom is -0.454 e. The van der Waals surface area contributed by atoms with Crippen molar-refractivity contribution in [2.24, 2.45) is 0 Å². The van der Waals surface area contributed by atoms with E-state index in [4.69, 9.17) is 21.1 Å². The Morgan fingerprint density at radius 3 is 2.70 bits per heavy atom. The first kappa shape index (κ1) is 17.1. The zero-order valence-electron chi connectivity index (χ0n) is 14.1. The number of amides is 1. The van der Waals surface area contributed by atoms with Gasteiger partial charge < -0.3 is 20.1 Å². The van der Waals surface area contributed by atoms with E-state index >= 15 is 0 Å². The van der Waals surface area contributed by atoms with Crippen molar-refractivity contribution < 1.29 is 14.3 Å². The molecule has 136 valence electrons. The summed E-state index contributed by atoms with van der Waals surface area (Å²) in [6, 6.07) is 14.2. The molecule has 0 saturated heterocycles. The van der Waals surface area contributed by atoms with Crippen LogP contribution in [0, 0.1) is 0 Å². The second-order valence-electron chi connectivity index (χ2n) is 5.79. The number of benzene rings is 2. The van der Waals surface area contributed by atoms with Crippen LogP contribution in [0.4, 0.5) is 11.5 Å². The second kappa shape index (κ2) is 7.51. The Hall–Kier alpha value is -3.32. The van der Waals surface area contributed by atoms with Crippen molar-refractivity contribution in [2.75, 3.05) is 17.4 Å². The minimum atomic E-state index is -0.328. The lowest BCUT2D eigenvalue weighted by Crippen LogP contribution is -2.14. The van der Waals surface area contributed by atoms with Gasteiger partial charge in [-0.3, -0.25) is 4.79 Å². The van der Waals surface area contributed by atoms with Gasteiger partial charge in [0.05, 0.1) is 0 Å². The molecular formula is C19H15ClN4O3. The number of carbonyl (C=O) groups excluding carboxylic acids is 1. The van der Waals surface area contributed by atoms with E-state index in [1.807, 2.05) is 18.2 Å². The summed E-state index contributed by atoms with van der Waals surface area (Å²) in [6.07, 6.45) is 1.35. The van der Waals surface area contributed by atoms with E-state index in [1.165, 1.54) is 6.33 Å². The third kappa shape index (κ3) is 4.09. The van der Waals surface area contributed by atoms with Gasteiger partial charge in [0.25, 0.3) is 5.91 Å². The Balaban J connectivity index is 1.41. The quantitative estimate of drug-likeness (QED) is 0.699. The van der Waals surface area contributed by atoms with Crippen molar-refractivity contribution in [3.8, 4) is 11.5 Å². The van der Waals surface area contributed by atoms with Crippen LogP contribution in [0.1, 0.15) is 16.1 Å². The lowest BCUT2D eigenvalue weighted by atomic mass is 10.2. The molecule has 8 heteroatoms. The number of carbonyl (C=O) groups is 1. The highest BCUT2D eigenvalue weighted by Crippen LogP contribution is 2.32. The fourth-order valence-corrected chi connectivity index (χ4v) is 2.68. The molecule has 2 heterocycles. The first-order valence-corrected chi connectivity index (χ1v) is 8.56. The number of anilines is 2. The number of aromatic nitrogens is 2. The molecule has 0 unspecified atom stereocenters. The average molecular weight is 383 g/mol. The van der Waals surface area contributed by atoms with Gasteiger partial charge in [0.2, 0.25) is 6.79 Å². The fourth-order valence-electron chi connectivity index (χ4n) is 2.55. The zero-order chi connectivity index (χ0) is 18.6. The van der Waals surface area contributed by atoms with Crippen molar-refractivity contribution in [1.29, 1.82) is 0 Å². The summed E-state index contributed by atoms with van der Waals surface area (Å²) in [6.45, 7) is 0.760. The number of rotatable bonds is 5. The predicted molar refractivity (Wildman–Crippen MR) is 101 cm³/mol. The van der Waals surface area contributed by atoms with E-state index in [2.05, 4.69) is 20.6 Å². The van der Waals surface area contributed by atoms with Crippen molar-refractivity contribution >= 4 is 29.0 Å². The molecule has 0 bridgehead atoms. The summed E-state index contributed by atoms with van der Waals surface area (Å²) in [5.41, 5.74) is 1.90. The highest BCUT2D eigenvalue weighted by Gasteiger charge is 2.13. The van der Waals surface area contributed by atoms with Crippen LogP contribution in [0.3, 0.4) is 0 Å². The van der Waals surface area contributed by atoms with Crippen LogP contribution in [0.5, 0.6) is 11.5 Å². The number of hydrogen-bond donors (Lipinski definition) is 2. The van der Waals surface area contributed by atoms with Gasteiger partial charge in [0.15, 0.2) is 11.5 Å². The van der Waals surface area contributed by atoms with Crippen LogP contribution in [-0.4, -0.2) is 22.7 Å². The van der Waals surface area contributed by atoms with Crippen LogP contribution in [0.25, 0.3) is 0 Å². The molecule has 0 spiro atoms. The second-order valence-corrected chi connectivity index (χ2v) is 6.23. The molecule has 3 aromatic rings. The monoisotopic (exact) mass is 382 g/mol. The van der Waals surface area contributed by atoms with Crippen molar-refractivity contribution in [3.05, 3.63) is 71.1 Å². The topological polar surface area (TPSA) is 85.4 Å². The molecule has 1 aromatic heterocycles. The summed E-state index contributed by atoms with van der Waals surface area (Å²) in [5, 5.41) is 6.54. The normalized spacial score (nSPS) is 11.9. The molecule has 0 saturated carbocycles. The molecule has 0 atom stereocenters. The average Bonchev–Trinajstić information content (AvgIpc) is 3.16. The zero-order valence-corrected chi connectivity index (χ0v) is 14.9. The number of ether oxygens (including phenoxy) is 2. The Kier molecular flexibility index (Phi) is 4.76. The SMILES string of the molecule is O=C(Nc1ccc(Cl)cc1)c1cc(NCc2ccc3c(c2)OCO3)ncn1. The highest BCUT2D eigenvalue weighted by atomic mass is 35.5. The molecule has 2 N–H and O–H groups in total. The summed E-state index contributed by atoms with van der Waals surface area (Å²) in [5.74, 6) is 1.68. The lowest BCUT2D eigenvalue weighted by molar-refractivity contribution is 0.102. The molecule has 0 fully saturated rings. The fraction of sp³-hybridized carbons (Fsp3) is 0.105. The van der Waals surface area contributed by atoms with Crippen LogP contribution in [0.15, 0.2) is 54.9 Å². The van der Waals surface area contributed by atoms with Gasteiger partial charge in [-0.2, -0.15) is 0 Å². The smallest absolute Gasteiger partial charge is 0.274 e. The molecule has 1 aliphatic heterocycles. The van der Waals surface area contributed by atoms with Gasteiger partial charge >= 0.3 is 0 Å².